The zero-order chi connectivity index (χ0) is 72.3. The molecule has 0 amide bonds. The minimum atomic E-state index is -1.53. The molecular weight excluding hydrogens is 1320 g/mol. The van der Waals surface area contributed by atoms with Gasteiger partial charge in [0.2, 0.25) is 0 Å². The van der Waals surface area contributed by atoms with Crippen molar-refractivity contribution in [3.8, 4) is 134 Å². The molecule has 6 heteroatoms. The Morgan fingerprint density at radius 1 is 0.0980 bits per heavy atom. The van der Waals surface area contributed by atoms with Crippen LogP contribution in [0.5, 0.6) is 0 Å². The average molecular weight is 1420 g/mol. The molecule has 0 spiro atoms. The van der Waals surface area contributed by atoms with Crippen molar-refractivity contribution in [3.63, 3.8) is 0 Å². The van der Waals surface area contributed by atoms with Gasteiger partial charge in [-0.2, -0.15) is 0 Å². The third-order valence-electron chi connectivity index (χ3n) is 21.0. The lowest BCUT2D eigenvalue weighted by atomic mass is 9.73. The molecule has 0 unspecified atom stereocenters. The highest BCUT2D eigenvalue weighted by Gasteiger charge is 2.31. The molecule has 0 N–H and O–H groups in total. The monoisotopic (exact) mass is 1420 g/mol. The molecule has 0 aliphatic rings. The molecule has 0 heterocycles. The van der Waals surface area contributed by atoms with Crippen LogP contribution < -0.4 is 31.1 Å². The van der Waals surface area contributed by atoms with Crippen LogP contribution in [0.1, 0.15) is 0 Å². The van der Waals surface area contributed by atoms with E-state index in [9.17, 15) is 0 Å². The number of hydrogen-bond acceptors (Lipinski definition) is 0. The summed E-state index contributed by atoms with van der Waals surface area (Å²) in [7, 11) is -9.16. The lowest BCUT2D eigenvalue weighted by Crippen LogP contribution is -2.37. The Morgan fingerprint density at radius 3 is 0.245 bits per heavy atom. The molecule has 13 aromatic rings. The second-order valence-corrected chi connectivity index (χ2v) is 65.1. The molecule has 0 aromatic heterocycles. The van der Waals surface area contributed by atoms with Crippen molar-refractivity contribution in [1.29, 1.82) is 0 Å². The van der Waals surface area contributed by atoms with E-state index in [4.69, 9.17) is 0 Å². The van der Waals surface area contributed by atoms with Crippen LogP contribution in [0.2, 0.25) is 118 Å². The molecule has 0 bridgehead atoms. The van der Waals surface area contributed by atoms with Gasteiger partial charge >= 0.3 is 0 Å². The van der Waals surface area contributed by atoms with Crippen LogP contribution in [-0.2, 0) is 0 Å². The van der Waals surface area contributed by atoms with Gasteiger partial charge in [0.25, 0.3) is 0 Å². The molecule has 0 atom stereocenters. The van der Waals surface area contributed by atoms with E-state index in [1.165, 1.54) is 131 Å². The van der Waals surface area contributed by atoms with E-state index in [0.717, 1.165) is 33.4 Å². The van der Waals surface area contributed by atoms with Crippen LogP contribution in [0, 0.1) is 0 Å². The Balaban J connectivity index is 1.15. The molecule has 0 aliphatic carbocycles. The first-order valence-electron chi connectivity index (χ1n) is 36.9. The van der Waals surface area contributed by atoms with E-state index >= 15 is 0 Å². The first-order chi connectivity index (χ1) is 48.3. The van der Waals surface area contributed by atoms with E-state index in [1.54, 1.807) is 0 Å². The quantitative estimate of drug-likeness (QED) is 0.0751. The van der Waals surface area contributed by atoms with Crippen LogP contribution in [0.15, 0.2) is 291 Å². The molecule has 0 aliphatic heterocycles. The summed E-state index contributed by atoms with van der Waals surface area (Å²) in [5.74, 6) is 0. The Labute approximate surface area is 617 Å². The third kappa shape index (κ3) is 15.4. The highest BCUT2D eigenvalue weighted by molar-refractivity contribution is 6.91. The van der Waals surface area contributed by atoms with Gasteiger partial charge in [0, 0.05) is 0 Å². The predicted molar refractivity (Wildman–Crippen MR) is 470 cm³/mol. The molecule has 0 radical (unpaired) electrons. The van der Waals surface area contributed by atoms with Crippen molar-refractivity contribution in [2.75, 3.05) is 0 Å². The minimum absolute atomic E-state index is 1.16. The number of hydrogen-bond donors (Lipinski definition) is 0. The second kappa shape index (κ2) is 28.1. The zero-order valence-corrected chi connectivity index (χ0v) is 69.7. The van der Waals surface area contributed by atoms with Gasteiger partial charge in [-0.3, -0.25) is 0 Å². The van der Waals surface area contributed by atoms with E-state index in [2.05, 4.69) is 409 Å². The highest BCUT2D eigenvalue weighted by Crippen LogP contribution is 2.57. The molecule has 510 valence electrons. The maximum Gasteiger partial charge on any atom is 0.0775 e. The van der Waals surface area contributed by atoms with Gasteiger partial charge in [0.1, 0.15) is 0 Å². The summed E-state index contributed by atoms with van der Waals surface area (Å²) in [6, 6.07) is 114. The molecule has 0 fully saturated rings. The minimum Gasteiger partial charge on any atom is -0.0656 e. The van der Waals surface area contributed by atoms with Crippen LogP contribution in [0.3, 0.4) is 0 Å². The molecule has 0 saturated heterocycles. The van der Waals surface area contributed by atoms with Gasteiger partial charge in [0.15, 0.2) is 0 Å². The fourth-order valence-corrected chi connectivity index (χ4v) is 21.4. The van der Waals surface area contributed by atoms with Crippen molar-refractivity contribution in [3.05, 3.63) is 291 Å². The highest BCUT2D eigenvalue weighted by atomic mass is 28.3. The summed E-state index contributed by atoms with van der Waals surface area (Å²) in [6.45, 7) is 43.8. The zero-order valence-electron chi connectivity index (χ0n) is 63.7. The first kappa shape index (κ1) is 71.6. The average Bonchev–Trinajstić information content (AvgIpc) is 0.712. The first-order valence-corrected chi connectivity index (χ1v) is 57.9. The van der Waals surface area contributed by atoms with E-state index in [0.29, 0.717) is 0 Å². The van der Waals surface area contributed by atoms with E-state index < -0.39 is 48.4 Å². The molecular formula is C96H102Si6. The second-order valence-electron chi connectivity index (χ2n) is 34.7. The Morgan fingerprint density at radius 2 is 0.167 bits per heavy atom. The summed E-state index contributed by atoms with van der Waals surface area (Å²) in [4.78, 5) is 0. The van der Waals surface area contributed by atoms with Crippen molar-refractivity contribution in [2.45, 2.75) is 118 Å². The van der Waals surface area contributed by atoms with Crippen molar-refractivity contribution < 1.29 is 0 Å². The van der Waals surface area contributed by atoms with Gasteiger partial charge in [0.05, 0.1) is 48.4 Å². The lowest BCUT2D eigenvalue weighted by molar-refractivity contribution is 1.50. The number of benzene rings is 13. The van der Waals surface area contributed by atoms with Crippen LogP contribution in [0.25, 0.3) is 134 Å². The van der Waals surface area contributed by atoms with Gasteiger partial charge in [-0.1, -0.05) is 440 Å². The SMILES string of the molecule is C[Si](C)(C)c1ccc(-c2ccc(-c3c(-c4ccc(-c5ccc([Si](C)(C)C)cc5)cc4)c(-c4ccc(-c5ccc([Si](C)(C)C)cc5)cc4)c(-c4ccc(-c5ccc([Si](C)(C)C)cc5)cc4)c(-c4ccc(-c5ccc([Si](C)(C)C)cc5)cc4)c3-c3ccc(-c4ccc([Si](C)(C)C)cc4)cc3)cc2)cc1. The summed E-state index contributed by atoms with van der Waals surface area (Å²) >= 11 is 0. The smallest absolute Gasteiger partial charge is 0.0656 e. The third-order valence-corrected chi connectivity index (χ3v) is 33.4. The Bertz CT molecular complexity index is 4220. The van der Waals surface area contributed by atoms with Crippen molar-refractivity contribution >= 4 is 79.6 Å². The topological polar surface area (TPSA) is 0 Å². The normalized spacial score (nSPS) is 12.4. The van der Waals surface area contributed by atoms with Crippen molar-refractivity contribution in [2.24, 2.45) is 0 Å². The maximum absolute atomic E-state index is 2.43. The summed E-state index contributed by atoms with van der Waals surface area (Å²) in [5, 5.41) is 8.80. The van der Waals surface area contributed by atoms with Crippen LogP contribution in [-0.4, -0.2) is 48.4 Å². The van der Waals surface area contributed by atoms with Gasteiger partial charge in [-0.05, 0) is 134 Å². The van der Waals surface area contributed by atoms with Gasteiger partial charge in [-0.25, -0.2) is 0 Å². The fraction of sp³-hybridized carbons (Fsp3) is 0.188. The summed E-state index contributed by atoms with van der Waals surface area (Å²) in [5.41, 5.74) is 28.7. The van der Waals surface area contributed by atoms with Gasteiger partial charge < -0.3 is 0 Å². The largest absolute Gasteiger partial charge is 0.0775 e. The van der Waals surface area contributed by atoms with Gasteiger partial charge in [-0.15, -0.1) is 0 Å². The lowest BCUT2D eigenvalue weighted by Gasteiger charge is -2.29. The summed E-state index contributed by atoms with van der Waals surface area (Å²) < 4.78 is 0. The standard InChI is InChI=1S/C96H102Si6/c1-97(2,3)85-55-43-73(44-56-85)67-19-31-79(32-20-67)91-92(80-33-21-68(22-34-80)74-45-57-86(58-46-74)98(4,5)6)94(82-37-25-70(26-38-82)76-49-61-88(62-50-76)100(10,11)12)96(84-41-29-72(30-42-84)78-53-65-90(66-54-78)102(16,17)18)95(83-39-27-71(28-40-83)77-51-63-89(64-52-77)101(13,14)15)93(91)81-35-23-69(24-36-81)75-47-59-87(60-48-75)99(7,8)9/h19-66H,1-18H3. The fourth-order valence-electron chi connectivity index (χ4n) is 14.4. The van der Waals surface area contributed by atoms with Crippen LogP contribution in [0.4, 0.5) is 0 Å². The Kier molecular flexibility index (Phi) is 19.7. The molecule has 0 nitrogen and oxygen atoms in total. The van der Waals surface area contributed by atoms with E-state index in [-0.39, 0.29) is 0 Å². The maximum atomic E-state index is 2.43. The van der Waals surface area contributed by atoms with Crippen LogP contribution >= 0.6 is 0 Å². The van der Waals surface area contributed by atoms with Crippen molar-refractivity contribution in [1.82, 2.24) is 0 Å². The number of rotatable bonds is 18. The molecule has 0 saturated carbocycles. The summed E-state index contributed by atoms with van der Waals surface area (Å²) in [6.07, 6.45) is 0. The molecule has 13 rings (SSSR count). The van der Waals surface area contributed by atoms with E-state index in [1.807, 2.05) is 0 Å². The molecule has 13 aromatic carbocycles. The predicted octanol–water partition coefficient (Wildman–Crippen LogP) is 25.0. The molecule has 102 heavy (non-hydrogen) atoms. The Hall–Kier alpha value is -8.84.